The second-order valence-corrected chi connectivity index (χ2v) is 6.13. The van der Waals surface area contributed by atoms with Gasteiger partial charge in [0.05, 0.1) is 10.2 Å². The average molecular weight is 250 g/mol. The molecule has 0 aliphatic rings. The molecule has 1 aromatic heterocycles. The summed E-state index contributed by atoms with van der Waals surface area (Å²) in [5, 5.41) is 0. The first-order valence-corrected chi connectivity index (χ1v) is 6.67. The number of rotatable bonds is 1. The Balaban J connectivity index is 2.98. The maximum atomic E-state index is 11.1. The quantitative estimate of drug-likeness (QED) is 0.779. The van der Waals surface area contributed by atoms with Gasteiger partial charge in [0.1, 0.15) is 4.90 Å². The van der Waals surface area contributed by atoms with Crippen LogP contribution < -0.4 is 4.87 Å². The highest BCUT2D eigenvalue weighted by Crippen LogP contribution is 2.24. The van der Waals surface area contributed by atoms with Gasteiger partial charge in [-0.25, -0.2) is 8.42 Å². The number of H-pyrrole nitrogens is 1. The van der Waals surface area contributed by atoms with Crippen LogP contribution in [0.2, 0.25) is 0 Å². The molecule has 0 aliphatic carbocycles. The van der Waals surface area contributed by atoms with Crippen LogP contribution in [0.25, 0.3) is 10.2 Å². The molecule has 0 fully saturated rings. The molecule has 4 nitrogen and oxygen atoms in total. The average Bonchev–Trinajstić information content (AvgIpc) is 2.41. The van der Waals surface area contributed by atoms with E-state index in [4.69, 9.17) is 10.7 Å². The van der Waals surface area contributed by atoms with E-state index in [0.29, 0.717) is 4.70 Å². The van der Waals surface area contributed by atoms with Crippen molar-refractivity contribution in [3.63, 3.8) is 0 Å². The SMILES string of the molecule is O=c1[nH]c2c(S(=O)(=O)Cl)cccc2s1. The summed E-state index contributed by atoms with van der Waals surface area (Å²) >= 11 is 0.948. The number of aromatic nitrogens is 1. The molecule has 0 atom stereocenters. The molecule has 74 valence electrons. The maximum absolute atomic E-state index is 11.1. The summed E-state index contributed by atoms with van der Waals surface area (Å²) in [6, 6.07) is 4.55. The lowest BCUT2D eigenvalue weighted by Gasteiger charge is -1.96. The molecule has 2 aromatic rings. The predicted octanol–water partition coefficient (Wildman–Crippen LogP) is 1.52. The fourth-order valence-electron chi connectivity index (χ4n) is 1.15. The van der Waals surface area contributed by atoms with Crippen molar-refractivity contribution in [2.75, 3.05) is 0 Å². The first kappa shape index (κ1) is 9.70. The molecular formula is C7H4ClNO3S2. The summed E-state index contributed by atoms with van der Waals surface area (Å²) in [6.07, 6.45) is 0. The summed E-state index contributed by atoms with van der Waals surface area (Å²) < 4.78 is 22.8. The number of benzene rings is 1. The fraction of sp³-hybridized carbons (Fsp3) is 0. The van der Waals surface area contributed by atoms with Gasteiger partial charge in [-0.15, -0.1) is 0 Å². The third kappa shape index (κ3) is 1.56. The number of hydrogen-bond acceptors (Lipinski definition) is 4. The second-order valence-electron chi connectivity index (χ2n) is 2.58. The van der Waals surface area contributed by atoms with Crippen LogP contribution in [0.15, 0.2) is 27.9 Å². The minimum absolute atomic E-state index is 0.0602. The van der Waals surface area contributed by atoms with Crippen LogP contribution in [0.5, 0.6) is 0 Å². The Labute approximate surface area is 87.6 Å². The molecule has 0 saturated heterocycles. The fourth-order valence-corrected chi connectivity index (χ4v) is 3.01. The smallest absolute Gasteiger partial charge is 0.305 e. The van der Waals surface area contributed by atoms with E-state index in [0.717, 1.165) is 11.3 Å². The van der Waals surface area contributed by atoms with Gasteiger partial charge < -0.3 is 4.98 Å². The molecule has 14 heavy (non-hydrogen) atoms. The highest BCUT2D eigenvalue weighted by molar-refractivity contribution is 8.14. The van der Waals surface area contributed by atoms with Gasteiger partial charge in [-0.3, -0.25) is 4.79 Å². The van der Waals surface area contributed by atoms with Gasteiger partial charge >= 0.3 is 4.87 Å². The summed E-state index contributed by atoms with van der Waals surface area (Å²) in [6.45, 7) is 0. The summed E-state index contributed by atoms with van der Waals surface area (Å²) in [7, 11) is 1.39. The van der Waals surface area contributed by atoms with Crippen LogP contribution in [0.1, 0.15) is 0 Å². The largest absolute Gasteiger partial charge is 0.311 e. The van der Waals surface area contributed by atoms with Crippen molar-refractivity contribution in [2.24, 2.45) is 0 Å². The van der Waals surface area contributed by atoms with E-state index >= 15 is 0 Å². The van der Waals surface area contributed by atoms with Crippen LogP contribution in [0, 0.1) is 0 Å². The highest BCUT2D eigenvalue weighted by Gasteiger charge is 2.15. The zero-order valence-corrected chi connectivity index (χ0v) is 9.04. The standard InChI is InChI=1S/C7H4ClNO3S2/c8-14(11,12)5-3-1-2-4-6(5)9-7(10)13-4/h1-3H,(H,9,10). The van der Waals surface area contributed by atoms with Gasteiger partial charge in [-0.05, 0) is 12.1 Å². The van der Waals surface area contributed by atoms with Crippen molar-refractivity contribution in [3.8, 4) is 0 Å². The van der Waals surface area contributed by atoms with Crippen molar-refractivity contribution < 1.29 is 8.42 Å². The molecule has 0 aliphatic heterocycles. The van der Waals surface area contributed by atoms with Crippen molar-refractivity contribution in [1.29, 1.82) is 0 Å². The molecule has 0 bridgehead atoms. The van der Waals surface area contributed by atoms with Crippen molar-refractivity contribution in [3.05, 3.63) is 27.9 Å². The van der Waals surface area contributed by atoms with Gasteiger partial charge in [-0.2, -0.15) is 0 Å². The normalized spacial score (nSPS) is 12.1. The van der Waals surface area contributed by atoms with Crippen LogP contribution >= 0.6 is 22.0 Å². The van der Waals surface area contributed by atoms with Gasteiger partial charge in [0.25, 0.3) is 9.05 Å². The van der Waals surface area contributed by atoms with Crippen molar-refractivity contribution >= 4 is 41.3 Å². The lowest BCUT2D eigenvalue weighted by Crippen LogP contribution is -1.95. The topological polar surface area (TPSA) is 67.0 Å². The zero-order valence-electron chi connectivity index (χ0n) is 6.65. The lowest BCUT2D eigenvalue weighted by molar-refractivity contribution is 0.610. The Hall–Kier alpha value is -0.850. The monoisotopic (exact) mass is 249 g/mol. The molecule has 1 N–H and O–H groups in total. The number of thiazole rings is 1. The number of hydrogen-bond donors (Lipinski definition) is 1. The molecule has 2 rings (SSSR count). The Morgan fingerprint density at radius 2 is 2.07 bits per heavy atom. The molecule has 1 aromatic carbocycles. The third-order valence-corrected chi connectivity index (χ3v) is 3.89. The van der Waals surface area contributed by atoms with Crippen LogP contribution in [-0.4, -0.2) is 13.4 Å². The molecule has 0 saturated carbocycles. The third-order valence-electron chi connectivity index (χ3n) is 1.68. The van der Waals surface area contributed by atoms with Gasteiger partial charge in [0.15, 0.2) is 0 Å². The van der Waals surface area contributed by atoms with E-state index in [1.165, 1.54) is 6.07 Å². The Kier molecular flexibility index (Phi) is 2.13. The van der Waals surface area contributed by atoms with Gasteiger partial charge in [0, 0.05) is 10.7 Å². The maximum Gasteiger partial charge on any atom is 0.305 e. The van der Waals surface area contributed by atoms with Crippen LogP contribution in [-0.2, 0) is 9.05 Å². The number of aromatic amines is 1. The van der Waals surface area contributed by atoms with E-state index in [1.54, 1.807) is 12.1 Å². The summed E-state index contributed by atoms with van der Waals surface area (Å²) in [5.41, 5.74) is 0.275. The zero-order chi connectivity index (χ0) is 10.3. The van der Waals surface area contributed by atoms with Crippen LogP contribution in [0.4, 0.5) is 0 Å². The highest BCUT2D eigenvalue weighted by atomic mass is 35.7. The molecule has 0 unspecified atom stereocenters. The number of para-hydroxylation sites is 1. The van der Waals surface area contributed by atoms with Crippen molar-refractivity contribution in [2.45, 2.75) is 4.90 Å². The Morgan fingerprint density at radius 1 is 1.36 bits per heavy atom. The van der Waals surface area contributed by atoms with E-state index in [9.17, 15) is 13.2 Å². The van der Waals surface area contributed by atoms with E-state index in [-0.39, 0.29) is 15.3 Å². The lowest BCUT2D eigenvalue weighted by atomic mass is 10.3. The molecule has 0 amide bonds. The Bertz CT molecular complexity index is 640. The number of fused-ring (bicyclic) bond motifs is 1. The van der Waals surface area contributed by atoms with E-state index < -0.39 is 9.05 Å². The van der Waals surface area contributed by atoms with Gasteiger partial charge in [0.2, 0.25) is 0 Å². The van der Waals surface area contributed by atoms with Crippen LogP contribution in [0.3, 0.4) is 0 Å². The molecule has 0 spiro atoms. The molecule has 0 radical (unpaired) electrons. The number of halogens is 1. The summed E-state index contributed by atoms with van der Waals surface area (Å²) in [5.74, 6) is 0. The number of nitrogens with one attached hydrogen (secondary N) is 1. The first-order valence-electron chi connectivity index (χ1n) is 3.55. The van der Waals surface area contributed by atoms with E-state index in [2.05, 4.69) is 4.98 Å². The first-order chi connectivity index (χ1) is 6.48. The predicted molar refractivity (Wildman–Crippen MR) is 55.5 cm³/mol. The molecule has 1 heterocycles. The minimum atomic E-state index is -3.81. The van der Waals surface area contributed by atoms with Gasteiger partial charge in [-0.1, -0.05) is 17.4 Å². The Morgan fingerprint density at radius 3 is 2.71 bits per heavy atom. The molecular weight excluding hydrogens is 246 g/mol. The second kappa shape index (κ2) is 3.08. The summed E-state index contributed by atoms with van der Waals surface area (Å²) in [4.78, 5) is 13.1. The van der Waals surface area contributed by atoms with Crippen molar-refractivity contribution in [1.82, 2.24) is 4.98 Å². The molecule has 7 heteroatoms. The minimum Gasteiger partial charge on any atom is -0.311 e. The van der Waals surface area contributed by atoms with E-state index in [1.807, 2.05) is 0 Å².